The molecule has 0 saturated heterocycles. The zero-order valence-electron chi connectivity index (χ0n) is 29.5. The van der Waals surface area contributed by atoms with Gasteiger partial charge in [-0.15, -0.1) is 0 Å². The highest BCUT2D eigenvalue weighted by molar-refractivity contribution is 5.89. The number of phenolic OH excluding ortho intramolecular Hbond substituents is 2. The summed E-state index contributed by atoms with van der Waals surface area (Å²) < 4.78 is 11.6. The minimum Gasteiger partial charge on any atom is -0.504 e. The van der Waals surface area contributed by atoms with Gasteiger partial charge in [0.25, 0.3) is 0 Å². The maximum atomic E-state index is 13.6. The number of benzene rings is 3. The fourth-order valence-electron chi connectivity index (χ4n) is 4.92. The molecule has 0 aromatic heterocycles. The summed E-state index contributed by atoms with van der Waals surface area (Å²) in [6, 6.07) is 22.1. The SMILES string of the molecule is CCC=CCC=CCC=CCC=CCC=CCC=CCC(=O)OC(=O)C(NCc1ccccc1)C(OCc1ccccc1)c1ccc(O)c(O)c1. The lowest BCUT2D eigenvalue weighted by atomic mass is 10.0. The van der Waals surface area contributed by atoms with Gasteiger partial charge >= 0.3 is 11.9 Å². The molecule has 3 aromatic rings. The van der Waals surface area contributed by atoms with Crippen LogP contribution in [0.2, 0.25) is 0 Å². The Kier molecular flexibility index (Phi) is 19.6. The molecule has 51 heavy (non-hydrogen) atoms. The number of esters is 2. The second-order valence-electron chi connectivity index (χ2n) is 11.7. The van der Waals surface area contributed by atoms with E-state index in [9.17, 15) is 19.8 Å². The molecular formula is C44H51NO6. The zero-order valence-corrected chi connectivity index (χ0v) is 29.5. The Labute approximate surface area is 303 Å². The third kappa shape index (κ3) is 16.8. The summed E-state index contributed by atoms with van der Waals surface area (Å²) in [4.78, 5) is 26.4. The van der Waals surface area contributed by atoms with Crippen molar-refractivity contribution in [1.82, 2.24) is 5.32 Å². The molecule has 7 nitrogen and oxygen atoms in total. The molecule has 0 amide bonds. The summed E-state index contributed by atoms with van der Waals surface area (Å²) in [6.07, 6.45) is 29.3. The molecule has 0 aliphatic heterocycles. The molecule has 2 atom stereocenters. The van der Waals surface area contributed by atoms with Gasteiger partial charge in [0.15, 0.2) is 11.5 Å². The normalized spacial score (nSPS) is 13.4. The number of ether oxygens (including phenoxy) is 2. The molecule has 2 unspecified atom stereocenters. The standard InChI is InChI=1S/C44H51NO6/c1-2-3-4-5-6-7-8-9-10-11-12-13-14-15-16-17-18-25-30-41(48)51-44(49)42(45-34-36-26-21-19-22-27-36)43(38-31-32-39(46)40(47)33-38)50-35-37-28-23-20-24-29-37/h3-4,6-7,9-10,12-13,15-16,18-29,31-33,42-43,45-47H,2,5,8,11,14,17,30,34-35H2,1H3. The molecule has 268 valence electrons. The summed E-state index contributed by atoms with van der Waals surface area (Å²) >= 11 is 0. The van der Waals surface area contributed by atoms with E-state index in [0.717, 1.165) is 43.2 Å². The van der Waals surface area contributed by atoms with Crippen molar-refractivity contribution in [2.45, 2.75) is 77.2 Å². The largest absolute Gasteiger partial charge is 0.504 e. The van der Waals surface area contributed by atoms with Crippen LogP contribution < -0.4 is 5.32 Å². The van der Waals surface area contributed by atoms with Crippen LogP contribution in [-0.2, 0) is 32.2 Å². The monoisotopic (exact) mass is 689 g/mol. The van der Waals surface area contributed by atoms with Crippen molar-refractivity contribution in [2.75, 3.05) is 0 Å². The highest BCUT2D eigenvalue weighted by atomic mass is 16.6. The van der Waals surface area contributed by atoms with E-state index in [-0.39, 0.29) is 31.1 Å². The maximum Gasteiger partial charge on any atom is 0.333 e. The van der Waals surface area contributed by atoms with Crippen LogP contribution in [0.1, 0.15) is 74.7 Å². The number of aromatic hydroxyl groups is 2. The Morgan fingerprint density at radius 3 is 1.69 bits per heavy atom. The van der Waals surface area contributed by atoms with Crippen LogP contribution in [0.15, 0.2) is 152 Å². The molecule has 0 aliphatic carbocycles. The third-order valence-corrected chi connectivity index (χ3v) is 7.62. The van der Waals surface area contributed by atoms with Gasteiger partial charge in [-0.2, -0.15) is 0 Å². The van der Waals surface area contributed by atoms with Gasteiger partial charge in [-0.1, -0.05) is 147 Å². The molecule has 0 saturated carbocycles. The van der Waals surface area contributed by atoms with Gasteiger partial charge in [-0.3, -0.25) is 10.1 Å². The second kappa shape index (κ2) is 24.8. The Morgan fingerprint density at radius 1 is 0.647 bits per heavy atom. The van der Waals surface area contributed by atoms with Crippen LogP contribution >= 0.6 is 0 Å². The van der Waals surface area contributed by atoms with Gasteiger partial charge in [0.2, 0.25) is 0 Å². The van der Waals surface area contributed by atoms with Crippen LogP contribution in [0.5, 0.6) is 11.5 Å². The van der Waals surface area contributed by atoms with Gasteiger partial charge in [0.1, 0.15) is 12.1 Å². The van der Waals surface area contributed by atoms with Crippen molar-refractivity contribution in [2.24, 2.45) is 0 Å². The number of allylic oxidation sites excluding steroid dienone is 11. The van der Waals surface area contributed by atoms with Crippen LogP contribution in [0.3, 0.4) is 0 Å². The van der Waals surface area contributed by atoms with Crippen molar-refractivity contribution in [3.8, 4) is 11.5 Å². The first-order chi connectivity index (χ1) is 25.0. The van der Waals surface area contributed by atoms with E-state index < -0.39 is 24.1 Å². The van der Waals surface area contributed by atoms with Gasteiger partial charge in [0, 0.05) is 6.54 Å². The zero-order chi connectivity index (χ0) is 36.4. The first-order valence-corrected chi connectivity index (χ1v) is 17.6. The lowest BCUT2D eigenvalue weighted by Crippen LogP contribution is -2.44. The van der Waals surface area contributed by atoms with Crippen LogP contribution in [-0.4, -0.2) is 28.2 Å². The molecule has 3 rings (SSSR count). The van der Waals surface area contributed by atoms with Gasteiger partial charge in [0.05, 0.1) is 13.0 Å². The Morgan fingerprint density at radius 2 is 1.16 bits per heavy atom. The second-order valence-corrected chi connectivity index (χ2v) is 11.7. The fraction of sp³-hybridized carbons (Fsp3) is 0.273. The summed E-state index contributed by atoms with van der Waals surface area (Å²) in [6.45, 7) is 2.57. The van der Waals surface area contributed by atoms with Crippen molar-refractivity contribution in [3.63, 3.8) is 0 Å². The van der Waals surface area contributed by atoms with E-state index in [1.807, 2.05) is 72.8 Å². The molecule has 3 aromatic carbocycles. The summed E-state index contributed by atoms with van der Waals surface area (Å²) in [7, 11) is 0. The highest BCUT2D eigenvalue weighted by Gasteiger charge is 2.33. The molecule has 0 heterocycles. The van der Waals surface area contributed by atoms with Gasteiger partial charge in [-0.25, -0.2) is 4.79 Å². The average Bonchev–Trinajstić information content (AvgIpc) is 3.14. The predicted octanol–water partition coefficient (Wildman–Crippen LogP) is 9.67. The highest BCUT2D eigenvalue weighted by Crippen LogP contribution is 2.32. The molecule has 0 radical (unpaired) electrons. The number of rotatable bonds is 22. The first kappa shape index (κ1) is 40.2. The van der Waals surface area contributed by atoms with Crippen molar-refractivity contribution < 1.29 is 29.3 Å². The maximum absolute atomic E-state index is 13.6. The van der Waals surface area contributed by atoms with Crippen LogP contribution in [0, 0.1) is 0 Å². The van der Waals surface area contributed by atoms with E-state index in [4.69, 9.17) is 9.47 Å². The van der Waals surface area contributed by atoms with Crippen LogP contribution in [0.25, 0.3) is 0 Å². The minimum absolute atomic E-state index is 0.0720. The summed E-state index contributed by atoms with van der Waals surface area (Å²) in [5.41, 5.74) is 2.21. The number of carbonyl (C=O) groups excluding carboxylic acids is 2. The van der Waals surface area contributed by atoms with Gasteiger partial charge in [-0.05, 0) is 67.3 Å². The topological polar surface area (TPSA) is 105 Å². The Hall–Kier alpha value is -5.24. The smallest absolute Gasteiger partial charge is 0.333 e. The number of carbonyl (C=O) groups is 2. The quantitative estimate of drug-likeness (QED) is 0.0418. The van der Waals surface area contributed by atoms with E-state index in [2.05, 4.69) is 66.9 Å². The third-order valence-electron chi connectivity index (χ3n) is 7.62. The van der Waals surface area contributed by atoms with Crippen molar-refractivity contribution in [3.05, 3.63) is 168 Å². The molecule has 0 bridgehead atoms. The van der Waals surface area contributed by atoms with Crippen molar-refractivity contribution in [1.29, 1.82) is 0 Å². The summed E-state index contributed by atoms with van der Waals surface area (Å²) in [5.74, 6) is -2.16. The van der Waals surface area contributed by atoms with Crippen molar-refractivity contribution >= 4 is 11.9 Å². The first-order valence-electron chi connectivity index (χ1n) is 17.6. The Bertz CT molecular complexity index is 1620. The minimum atomic E-state index is -1.12. The molecule has 0 aliphatic rings. The number of phenols is 2. The summed E-state index contributed by atoms with van der Waals surface area (Å²) in [5, 5.41) is 23.4. The fourth-order valence-corrected chi connectivity index (χ4v) is 4.92. The number of hydrogen-bond donors (Lipinski definition) is 3. The molecule has 0 fully saturated rings. The lowest BCUT2D eigenvalue weighted by Gasteiger charge is -2.27. The Balaban J connectivity index is 1.53. The molecule has 3 N–H and O–H groups in total. The number of nitrogens with one attached hydrogen (secondary N) is 1. The molecule has 7 heteroatoms. The predicted molar refractivity (Wildman–Crippen MR) is 205 cm³/mol. The van der Waals surface area contributed by atoms with E-state index in [0.29, 0.717) is 12.0 Å². The molecule has 0 spiro atoms. The molecular weight excluding hydrogens is 638 g/mol. The number of hydrogen-bond acceptors (Lipinski definition) is 7. The average molecular weight is 690 g/mol. The van der Waals surface area contributed by atoms with E-state index >= 15 is 0 Å². The van der Waals surface area contributed by atoms with Gasteiger partial charge < -0.3 is 19.7 Å². The lowest BCUT2D eigenvalue weighted by molar-refractivity contribution is -0.163. The van der Waals surface area contributed by atoms with Crippen LogP contribution in [0.4, 0.5) is 0 Å². The van der Waals surface area contributed by atoms with E-state index in [1.54, 1.807) is 12.1 Å². The van der Waals surface area contributed by atoms with E-state index in [1.165, 1.54) is 12.1 Å².